The van der Waals surface area contributed by atoms with Gasteiger partial charge in [0, 0.05) is 17.2 Å². The lowest BCUT2D eigenvalue weighted by molar-refractivity contribution is 0.457. The maximum absolute atomic E-state index is 12.9. The van der Waals surface area contributed by atoms with Gasteiger partial charge in [-0.2, -0.15) is 0 Å². The second kappa shape index (κ2) is 5.45. The highest BCUT2D eigenvalue weighted by atomic mass is 19.1. The number of halogens is 1. The molecule has 0 bridgehead atoms. The lowest BCUT2D eigenvalue weighted by atomic mass is 9.88. The molecule has 3 nitrogen and oxygen atoms in total. The van der Waals surface area contributed by atoms with Gasteiger partial charge in [-0.25, -0.2) is 14.4 Å². The van der Waals surface area contributed by atoms with E-state index in [0.29, 0.717) is 6.54 Å². The first-order valence-electron chi connectivity index (χ1n) is 6.32. The maximum Gasteiger partial charge on any atom is 0.134 e. The molecule has 0 radical (unpaired) electrons. The molecule has 0 spiro atoms. The summed E-state index contributed by atoms with van der Waals surface area (Å²) in [4.78, 5) is 8.91. The Balaban J connectivity index is 2.36. The van der Waals surface area contributed by atoms with Crippen molar-refractivity contribution in [3.63, 3.8) is 0 Å². The smallest absolute Gasteiger partial charge is 0.134 e. The van der Waals surface area contributed by atoms with Gasteiger partial charge in [-0.3, -0.25) is 0 Å². The molecule has 4 heteroatoms. The highest BCUT2D eigenvalue weighted by Crippen LogP contribution is 2.25. The Labute approximate surface area is 112 Å². The van der Waals surface area contributed by atoms with Crippen LogP contribution in [0.5, 0.6) is 0 Å². The Morgan fingerprint density at radius 1 is 1.16 bits per heavy atom. The maximum atomic E-state index is 12.9. The van der Waals surface area contributed by atoms with Gasteiger partial charge in [0.15, 0.2) is 0 Å². The van der Waals surface area contributed by atoms with Crippen molar-refractivity contribution in [1.29, 1.82) is 0 Å². The highest BCUT2D eigenvalue weighted by Gasteiger charge is 2.23. The van der Waals surface area contributed by atoms with E-state index in [4.69, 9.17) is 5.73 Å². The van der Waals surface area contributed by atoms with Crippen LogP contribution < -0.4 is 5.73 Å². The summed E-state index contributed by atoms with van der Waals surface area (Å²) < 4.78 is 12.9. The van der Waals surface area contributed by atoms with Gasteiger partial charge in [-0.1, -0.05) is 13.8 Å². The van der Waals surface area contributed by atoms with E-state index in [1.807, 2.05) is 6.07 Å². The monoisotopic (exact) mass is 259 g/mol. The molecule has 0 fully saturated rings. The molecular formula is C15H18FN3. The summed E-state index contributed by atoms with van der Waals surface area (Å²) in [6.07, 6.45) is 2.55. The molecule has 0 unspecified atom stereocenters. The Morgan fingerprint density at radius 2 is 1.84 bits per heavy atom. The van der Waals surface area contributed by atoms with Crippen LogP contribution in [-0.4, -0.2) is 16.5 Å². The molecule has 2 aromatic rings. The van der Waals surface area contributed by atoms with Crippen LogP contribution in [0.2, 0.25) is 0 Å². The fraction of sp³-hybridized carbons (Fsp3) is 0.333. The van der Waals surface area contributed by atoms with Gasteiger partial charge in [0.25, 0.3) is 0 Å². The van der Waals surface area contributed by atoms with Crippen molar-refractivity contribution in [1.82, 2.24) is 9.97 Å². The summed E-state index contributed by atoms with van der Waals surface area (Å²) in [5.41, 5.74) is 7.14. The van der Waals surface area contributed by atoms with Gasteiger partial charge in [-0.15, -0.1) is 0 Å². The van der Waals surface area contributed by atoms with E-state index < -0.39 is 0 Å². The molecule has 0 aliphatic carbocycles. The van der Waals surface area contributed by atoms with Gasteiger partial charge < -0.3 is 5.73 Å². The SMILES string of the molecule is CC(C)(CCN)c1nccc(-c2ccc(F)cc2)n1. The van der Waals surface area contributed by atoms with Gasteiger partial charge >= 0.3 is 0 Å². The summed E-state index contributed by atoms with van der Waals surface area (Å²) in [7, 11) is 0. The molecule has 0 amide bonds. The summed E-state index contributed by atoms with van der Waals surface area (Å²) in [5, 5.41) is 0. The molecule has 19 heavy (non-hydrogen) atoms. The Kier molecular flexibility index (Phi) is 3.90. The fourth-order valence-electron chi connectivity index (χ4n) is 1.94. The molecule has 1 aromatic carbocycles. The molecule has 1 heterocycles. The molecular weight excluding hydrogens is 241 g/mol. The Hall–Kier alpha value is -1.81. The zero-order valence-corrected chi connectivity index (χ0v) is 11.2. The minimum Gasteiger partial charge on any atom is -0.330 e. The van der Waals surface area contributed by atoms with E-state index in [9.17, 15) is 4.39 Å². The number of nitrogens with two attached hydrogens (primary N) is 1. The average Bonchev–Trinajstić information content (AvgIpc) is 2.40. The summed E-state index contributed by atoms with van der Waals surface area (Å²) in [5.74, 6) is 0.515. The van der Waals surface area contributed by atoms with Crippen molar-refractivity contribution in [2.45, 2.75) is 25.7 Å². The fourth-order valence-corrected chi connectivity index (χ4v) is 1.94. The first kappa shape index (κ1) is 13.6. The average molecular weight is 259 g/mol. The van der Waals surface area contributed by atoms with Crippen LogP contribution in [0.15, 0.2) is 36.5 Å². The third kappa shape index (κ3) is 3.15. The van der Waals surface area contributed by atoms with E-state index in [1.54, 1.807) is 18.3 Å². The van der Waals surface area contributed by atoms with Crippen LogP contribution in [0, 0.1) is 5.82 Å². The molecule has 100 valence electrons. The van der Waals surface area contributed by atoms with Crippen LogP contribution >= 0.6 is 0 Å². The molecule has 0 aliphatic heterocycles. The third-order valence-corrected chi connectivity index (χ3v) is 3.17. The number of rotatable bonds is 4. The highest BCUT2D eigenvalue weighted by molar-refractivity contribution is 5.58. The normalized spacial score (nSPS) is 11.6. The van der Waals surface area contributed by atoms with Crippen molar-refractivity contribution in [2.24, 2.45) is 5.73 Å². The van der Waals surface area contributed by atoms with Gasteiger partial charge in [-0.05, 0) is 43.3 Å². The van der Waals surface area contributed by atoms with Gasteiger partial charge in [0.2, 0.25) is 0 Å². The molecule has 0 saturated heterocycles. The topological polar surface area (TPSA) is 51.8 Å². The zero-order chi connectivity index (χ0) is 13.9. The van der Waals surface area contributed by atoms with E-state index in [2.05, 4.69) is 23.8 Å². The van der Waals surface area contributed by atoms with Crippen LogP contribution in [0.3, 0.4) is 0 Å². The molecule has 2 N–H and O–H groups in total. The Morgan fingerprint density at radius 3 is 2.47 bits per heavy atom. The second-order valence-corrected chi connectivity index (χ2v) is 5.19. The minimum atomic E-state index is -0.249. The number of nitrogens with zero attached hydrogens (tertiary/aromatic N) is 2. The minimum absolute atomic E-state index is 0.162. The lowest BCUT2D eigenvalue weighted by Gasteiger charge is -2.22. The second-order valence-electron chi connectivity index (χ2n) is 5.19. The van der Waals surface area contributed by atoms with Crippen LogP contribution in [0.25, 0.3) is 11.3 Å². The number of aromatic nitrogens is 2. The lowest BCUT2D eigenvalue weighted by Crippen LogP contribution is -2.24. The van der Waals surface area contributed by atoms with Crippen LogP contribution in [0.4, 0.5) is 4.39 Å². The molecule has 0 aliphatic rings. The van der Waals surface area contributed by atoms with Crippen LogP contribution in [0.1, 0.15) is 26.1 Å². The van der Waals surface area contributed by atoms with Crippen molar-refractivity contribution in [2.75, 3.05) is 6.54 Å². The molecule has 2 rings (SSSR count). The molecule has 1 aromatic heterocycles. The van der Waals surface area contributed by atoms with E-state index in [1.165, 1.54) is 12.1 Å². The summed E-state index contributed by atoms with van der Waals surface area (Å²) >= 11 is 0. The standard InChI is InChI=1S/C15H18FN3/c1-15(2,8-9-17)14-18-10-7-13(19-14)11-3-5-12(16)6-4-11/h3-7,10H,8-9,17H2,1-2H3. The third-order valence-electron chi connectivity index (χ3n) is 3.17. The van der Waals surface area contributed by atoms with Crippen molar-refractivity contribution >= 4 is 0 Å². The Bertz CT molecular complexity index is 550. The van der Waals surface area contributed by atoms with Crippen molar-refractivity contribution < 1.29 is 4.39 Å². The number of hydrogen-bond acceptors (Lipinski definition) is 3. The van der Waals surface area contributed by atoms with Gasteiger partial charge in [0.1, 0.15) is 11.6 Å². The van der Waals surface area contributed by atoms with E-state index in [0.717, 1.165) is 23.5 Å². The molecule has 0 saturated carbocycles. The van der Waals surface area contributed by atoms with E-state index in [-0.39, 0.29) is 11.2 Å². The molecule has 0 atom stereocenters. The number of hydrogen-bond donors (Lipinski definition) is 1. The largest absolute Gasteiger partial charge is 0.330 e. The van der Waals surface area contributed by atoms with Crippen molar-refractivity contribution in [3.05, 3.63) is 48.2 Å². The first-order chi connectivity index (χ1) is 9.03. The zero-order valence-electron chi connectivity index (χ0n) is 11.2. The quantitative estimate of drug-likeness (QED) is 0.918. The predicted molar refractivity (Wildman–Crippen MR) is 74.1 cm³/mol. The number of benzene rings is 1. The van der Waals surface area contributed by atoms with E-state index >= 15 is 0 Å². The predicted octanol–water partition coefficient (Wildman–Crippen LogP) is 2.91. The summed E-state index contributed by atoms with van der Waals surface area (Å²) in [6.45, 7) is 4.74. The van der Waals surface area contributed by atoms with Gasteiger partial charge in [0.05, 0.1) is 5.69 Å². The first-order valence-corrected chi connectivity index (χ1v) is 6.32. The van der Waals surface area contributed by atoms with Crippen LogP contribution in [-0.2, 0) is 5.41 Å². The summed E-state index contributed by atoms with van der Waals surface area (Å²) in [6, 6.07) is 8.13. The van der Waals surface area contributed by atoms with Crippen molar-refractivity contribution in [3.8, 4) is 11.3 Å².